The van der Waals surface area contributed by atoms with Crippen LogP contribution in [0.15, 0.2) is 0 Å². The van der Waals surface area contributed by atoms with Gasteiger partial charge in [0, 0.05) is 0 Å². The molecule has 1 aliphatic carbocycles. The lowest BCUT2D eigenvalue weighted by molar-refractivity contribution is -0.149. The van der Waals surface area contributed by atoms with E-state index in [4.69, 9.17) is 9.47 Å². The third-order valence-electron chi connectivity index (χ3n) is 4.32. The number of epoxide rings is 1. The highest BCUT2D eigenvalue weighted by molar-refractivity contribution is 5.85. The minimum atomic E-state index is -0.604. The Kier molecular flexibility index (Phi) is 2.99. The van der Waals surface area contributed by atoms with Crippen molar-refractivity contribution in [2.45, 2.75) is 64.1 Å². The molecule has 0 N–H and O–H groups in total. The van der Waals surface area contributed by atoms with E-state index in [-0.39, 0.29) is 11.6 Å². The lowest BCUT2D eigenvalue weighted by Crippen LogP contribution is -2.34. The van der Waals surface area contributed by atoms with E-state index < -0.39 is 5.60 Å². The van der Waals surface area contributed by atoms with Crippen LogP contribution in [0, 0.1) is 5.92 Å². The van der Waals surface area contributed by atoms with Gasteiger partial charge in [0.1, 0.15) is 5.60 Å². The molecule has 2 fully saturated rings. The molecule has 1 saturated heterocycles. The molecule has 0 bridgehead atoms. The molecule has 0 aromatic rings. The Morgan fingerprint density at radius 1 is 1.44 bits per heavy atom. The Bertz CT molecular complexity index is 289. The number of rotatable bonds is 4. The van der Waals surface area contributed by atoms with Crippen LogP contribution in [0.4, 0.5) is 0 Å². The fourth-order valence-corrected chi connectivity index (χ4v) is 3.24. The maximum Gasteiger partial charge on any atom is 0.341 e. The van der Waals surface area contributed by atoms with Gasteiger partial charge in [0.15, 0.2) is 5.60 Å². The quantitative estimate of drug-likeness (QED) is 0.546. The van der Waals surface area contributed by atoms with Crippen molar-refractivity contribution < 1.29 is 14.3 Å². The van der Waals surface area contributed by atoms with E-state index >= 15 is 0 Å². The second kappa shape index (κ2) is 4.02. The highest BCUT2D eigenvalue weighted by Crippen LogP contribution is 2.61. The molecule has 3 atom stereocenters. The number of carbonyl (C=O) groups excluding carboxylic acids is 1. The second-order valence-corrected chi connectivity index (χ2v) is 5.01. The van der Waals surface area contributed by atoms with Gasteiger partial charge < -0.3 is 9.47 Å². The molecule has 0 aromatic heterocycles. The third kappa shape index (κ3) is 1.48. The van der Waals surface area contributed by atoms with E-state index in [1.54, 1.807) is 0 Å². The summed E-state index contributed by atoms with van der Waals surface area (Å²) in [4.78, 5) is 12.0. The van der Waals surface area contributed by atoms with Crippen LogP contribution in [-0.4, -0.2) is 23.8 Å². The van der Waals surface area contributed by atoms with Gasteiger partial charge in [0.05, 0.1) is 6.61 Å². The van der Waals surface area contributed by atoms with Gasteiger partial charge in [-0.15, -0.1) is 0 Å². The summed E-state index contributed by atoms with van der Waals surface area (Å²) in [6.45, 7) is 6.52. The zero-order valence-electron chi connectivity index (χ0n) is 10.5. The summed E-state index contributed by atoms with van der Waals surface area (Å²) in [6.07, 6.45) is 5.18. The molecule has 0 radical (unpaired) electrons. The predicted octanol–water partition coefficient (Wildman–Crippen LogP) is 2.68. The van der Waals surface area contributed by atoms with Crippen LogP contribution in [0.1, 0.15) is 52.9 Å². The lowest BCUT2D eigenvalue weighted by Gasteiger charge is -2.13. The second-order valence-electron chi connectivity index (χ2n) is 5.01. The minimum absolute atomic E-state index is 0.144. The van der Waals surface area contributed by atoms with Crippen LogP contribution in [-0.2, 0) is 14.3 Å². The summed E-state index contributed by atoms with van der Waals surface area (Å²) < 4.78 is 11.0. The van der Waals surface area contributed by atoms with Gasteiger partial charge in [-0.25, -0.2) is 4.79 Å². The standard InChI is InChI=1S/C13H22O3/c1-4-10-7-8-12(9-10)13(5-2,16-12)11(14)15-6-3/h10H,4-9H2,1-3H3. The molecule has 3 heteroatoms. The molecule has 3 unspecified atom stereocenters. The highest BCUT2D eigenvalue weighted by atomic mass is 16.7. The smallest absolute Gasteiger partial charge is 0.341 e. The van der Waals surface area contributed by atoms with Gasteiger partial charge in [-0.1, -0.05) is 20.3 Å². The normalized spacial score (nSPS) is 41.3. The highest BCUT2D eigenvalue weighted by Gasteiger charge is 2.75. The van der Waals surface area contributed by atoms with Crippen LogP contribution < -0.4 is 0 Å². The number of hydrogen-bond acceptors (Lipinski definition) is 3. The predicted molar refractivity (Wildman–Crippen MR) is 61.1 cm³/mol. The Hall–Kier alpha value is -0.570. The van der Waals surface area contributed by atoms with Gasteiger partial charge >= 0.3 is 5.97 Å². The summed E-state index contributed by atoms with van der Waals surface area (Å²) >= 11 is 0. The number of carbonyl (C=O) groups is 1. The zero-order chi connectivity index (χ0) is 11.8. The molecule has 0 amide bonds. The molecule has 92 valence electrons. The van der Waals surface area contributed by atoms with Crippen molar-refractivity contribution in [2.75, 3.05) is 6.61 Å². The van der Waals surface area contributed by atoms with Crippen LogP contribution in [0.3, 0.4) is 0 Å². The first-order valence-corrected chi connectivity index (χ1v) is 6.51. The van der Waals surface area contributed by atoms with Crippen molar-refractivity contribution in [1.82, 2.24) is 0 Å². The molecular formula is C13H22O3. The largest absolute Gasteiger partial charge is 0.464 e. The Morgan fingerprint density at radius 3 is 2.69 bits per heavy atom. The molecule has 1 saturated carbocycles. The maximum absolute atomic E-state index is 12.0. The first-order chi connectivity index (χ1) is 7.64. The van der Waals surface area contributed by atoms with Crippen molar-refractivity contribution in [1.29, 1.82) is 0 Å². The summed E-state index contributed by atoms with van der Waals surface area (Å²) in [5.41, 5.74) is -0.776. The van der Waals surface area contributed by atoms with E-state index in [0.29, 0.717) is 6.61 Å². The molecule has 2 aliphatic rings. The maximum atomic E-state index is 12.0. The van der Waals surface area contributed by atoms with Crippen molar-refractivity contribution >= 4 is 5.97 Å². The van der Waals surface area contributed by atoms with E-state index in [1.165, 1.54) is 12.8 Å². The van der Waals surface area contributed by atoms with Crippen molar-refractivity contribution in [3.63, 3.8) is 0 Å². The Balaban J connectivity index is 2.08. The van der Waals surface area contributed by atoms with Gasteiger partial charge in [-0.05, 0) is 38.5 Å². The SMILES string of the molecule is CCOC(=O)C1(CC)OC12CCC(CC)C2. The first kappa shape index (κ1) is 11.9. The minimum Gasteiger partial charge on any atom is -0.464 e. The van der Waals surface area contributed by atoms with Gasteiger partial charge in [0.25, 0.3) is 0 Å². The van der Waals surface area contributed by atoms with E-state index in [0.717, 1.165) is 25.2 Å². The summed E-state index contributed by atoms with van der Waals surface area (Å²) in [5, 5.41) is 0. The molecule has 1 heterocycles. The fraction of sp³-hybridized carbons (Fsp3) is 0.923. The number of esters is 1. The Labute approximate surface area is 97.5 Å². The molecule has 1 aliphatic heterocycles. The molecule has 16 heavy (non-hydrogen) atoms. The van der Waals surface area contributed by atoms with Crippen molar-refractivity contribution in [3.8, 4) is 0 Å². The van der Waals surface area contributed by atoms with Gasteiger partial charge in [-0.3, -0.25) is 0 Å². The van der Waals surface area contributed by atoms with Gasteiger partial charge in [0.2, 0.25) is 0 Å². The van der Waals surface area contributed by atoms with Crippen molar-refractivity contribution in [2.24, 2.45) is 5.92 Å². The summed E-state index contributed by atoms with van der Waals surface area (Å²) in [6, 6.07) is 0. The number of ether oxygens (including phenoxy) is 2. The molecule has 3 nitrogen and oxygen atoms in total. The average molecular weight is 226 g/mol. The molecule has 2 rings (SSSR count). The monoisotopic (exact) mass is 226 g/mol. The van der Waals surface area contributed by atoms with Crippen LogP contribution in [0.2, 0.25) is 0 Å². The van der Waals surface area contributed by atoms with Crippen LogP contribution in [0.25, 0.3) is 0 Å². The van der Waals surface area contributed by atoms with Crippen LogP contribution in [0.5, 0.6) is 0 Å². The van der Waals surface area contributed by atoms with E-state index in [9.17, 15) is 4.79 Å². The topological polar surface area (TPSA) is 38.8 Å². The van der Waals surface area contributed by atoms with E-state index in [2.05, 4.69) is 6.92 Å². The van der Waals surface area contributed by atoms with E-state index in [1.807, 2.05) is 13.8 Å². The average Bonchev–Trinajstić information content (AvgIpc) is 2.72. The summed E-state index contributed by atoms with van der Waals surface area (Å²) in [7, 11) is 0. The zero-order valence-corrected chi connectivity index (χ0v) is 10.5. The fourth-order valence-electron chi connectivity index (χ4n) is 3.24. The first-order valence-electron chi connectivity index (χ1n) is 6.51. The molecule has 0 aromatic carbocycles. The lowest BCUT2D eigenvalue weighted by atomic mass is 9.88. The van der Waals surface area contributed by atoms with Crippen molar-refractivity contribution in [3.05, 3.63) is 0 Å². The number of hydrogen-bond donors (Lipinski definition) is 0. The third-order valence-corrected chi connectivity index (χ3v) is 4.32. The van der Waals surface area contributed by atoms with Gasteiger partial charge in [-0.2, -0.15) is 0 Å². The summed E-state index contributed by atoms with van der Waals surface area (Å²) in [5.74, 6) is 0.581. The molecule has 1 spiro atoms. The Morgan fingerprint density at radius 2 is 2.19 bits per heavy atom. The molecular weight excluding hydrogens is 204 g/mol. The van der Waals surface area contributed by atoms with Crippen LogP contribution >= 0.6 is 0 Å².